The SMILES string of the molecule is CC(C)(C)S(=O)c1ccc(C(=O)N2CC(C(C)(C)S(=O)(=O)c3cccc(C(F)(F)F)c3)C2)c(S(C)(=O)=O)c1. The van der Waals surface area contributed by atoms with Crippen LogP contribution in [0.15, 0.2) is 57.2 Å². The summed E-state index contributed by atoms with van der Waals surface area (Å²) < 4.78 is 102. The quantitative estimate of drug-likeness (QED) is 0.494. The summed E-state index contributed by atoms with van der Waals surface area (Å²) in [5, 5.41) is 0. The molecule has 0 bridgehead atoms. The molecule has 13 heteroatoms. The minimum atomic E-state index is -4.71. The van der Waals surface area contributed by atoms with Gasteiger partial charge < -0.3 is 4.90 Å². The molecule has 210 valence electrons. The average molecular weight is 594 g/mol. The second-order valence-electron chi connectivity index (χ2n) is 10.9. The number of carbonyl (C=O) groups excluding carboxylic acids is 1. The molecule has 1 atom stereocenters. The summed E-state index contributed by atoms with van der Waals surface area (Å²) in [4.78, 5) is 14.0. The number of likely N-dealkylation sites (tertiary alicyclic amines) is 1. The van der Waals surface area contributed by atoms with E-state index < -0.39 is 68.4 Å². The summed E-state index contributed by atoms with van der Waals surface area (Å²) in [5.41, 5.74) is -1.21. The predicted octanol–water partition coefficient (Wildman–Crippen LogP) is 4.34. The van der Waals surface area contributed by atoms with Crippen molar-refractivity contribution >= 4 is 36.4 Å². The van der Waals surface area contributed by atoms with Crippen LogP contribution in [0.5, 0.6) is 0 Å². The van der Waals surface area contributed by atoms with Crippen LogP contribution in [-0.4, -0.2) is 60.7 Å². The molecule has 1 heterocycles. The summed E-state index contributed by atoms with van der Waals surface area (Å²) in [6.07, 6.45) is -3.77. The topological polar surface area (TPSA) is 106 Å². The number of rotatable bonds is 6. The van der Waals surface area contributed by atoms with Crippen LogP contribution in [0, 0.1) is 5.92 Å². The second kappa shape index (κ2) is 9.74. The van der Waals surface area contributed by atoms with E-state index in [2.05, 4.69) is 0 Å². The van der Waals surface area contributed by atoms with Crippen LogP contribution in [0.4, 0.5) is 13.2 Å². The normalized spacial score (nSPS) is 16.7. The Hall–Kier alpha value is -2.25. The summed E-state index contributed by atoms with van der Waals surface area (Å²) in [6, 6.07) is 7.49. The van der Waals surface area contributed by atoms with Crippen LogP contribution in [-0.2, 0) is 36.7 Å². The van der Waals surface area contributed by atoms with Gasteiger partial charge in [0, 0.05) is 34.9 Å². The molecule has 2 aromatic rings. The van der Waals surface area contributed by atoms with E-state index in [9.17, 15) is 39.0 Å². The molecule has 0 radical (unpaired) electrons. The van der Waals surface area contributed by atoms with E-state index in [1.807, 2.05) is 0 Å². The number of amides is 1. The van der Waals surface area contributed by atoms with Gasteiger partial charge in [0.2, 0.25) is 0 Å². The van der Waals surface area contributed by atoms with Crippen LogP contribution in [0.25, 0.3) is 0 Å². The summed E-state index contributed by atoms with van der Waals surface area (Å²) in [5.74, 6) is -1.25. The van der Waals surface area contributed by atoms with E-state index in [1.54, 1.807) is 20.8 Å². The molecular formula is C25H30F3NO6S3. The molecule has 0 aromatic heterocycles. The number of sulfone groups is 2. The fraction of sp³-hybridized carbons (Fsp3) is 0.480. The van der Waals surface area contributed by atoms with Gasteiger partial charge in [0.05, 0.1) is 36.5 Å². The molecule has 7 nitrogen and oxygen atoms in total. The largest absolute Gasteiger partial charge is 0.416 e. The fourth-order valence-electron chi connectivity index (χ4n) is 4.07. The number of hydrogen-bond acceptors (Lipinski definition) is 6. The Morgan fingerprint density at radius 1 is 0.947 bits per heavy atom. The maximum atomic E-state index is 13.3. The van der Waals surface area contributed by atoms with E-state index in [1.165, 1.54) is 36.9 Å². The molecule has 1 amide bonds. The lowest BCUT2D eigenvalue weighted by Gasteiger charge is -2.47. The van der Waals surface area contributed by atoms with E-state index in [0.717, 1.165) is 24.5 Å². The first-order valence-corrected chi connectivity index (χ1v) is 16.1. The van der Waals surface area contributed by atoms with Crippen molar-refractivity contribution in [1.82, 2.24) is 4.90 Å². The van der Waals surface area contributed by atoms with Gasteiger partial charge in [-0.15, -0.1) is 0 Å². The van der Waals surface area contributed by atoms with Gasteiger partial charge in [-0.25, -0.2) is 16.8 Å². The molecule has 1 fully saturated rings. The Labute approximate surface area is 223 Å². The fourth-order valence-corrected chi connectivity index (χ4v) is 7.90. The van der Waals surface area contributed by atoms with Crippen LogP contribution in [0.3, 0.4) is 0 Å². The zero-order valence-corrected chi connectivity index (χ0v) is 24.2. The highest BCUT2D eigenvalue weighted by Crippen LogP contribution is 2.40. The highest BCUT2D eigenvalue weighted by molar-refractivity contribution is 7.92. The van der Waals surface area contributed by atoms with Crippen molar-refractivity contribution in [2.75, 3.05) is 19.3 Å². The van der Waals surface area contributed by atoms with Crippen molar-refractivity contribution < 1.29 is 39.0 Å². The Kier molecular flexibility index (Phi) is 7.76. The molecule has 2 aromatic carbocycles. The average Bonchev–Trinajstić information content (AvgIpc) is 2.75. The van der Waals surface area contributed by atoms with Crippen molar-refractivity contribution in [2.45, 2.75) is 65.0 Å². The van der Waals surface area contributed by atoms with Gasteiger partial charge >= 0.3 is 6.18 Å². The van der Waals surface area contributed by atoms with Crippen molar-refractivity contribution in [3.05, 3.63) is 53.6 Å². The van der Waals surface area contributed by atoms with Gasteiger partial charge in [0.15, 0.2) is 19.7 Å². The third-order valence-electron chi connectivity index (χ3n) is 6.67. The maximum absolute atomic E-state index is 13.3. The Balaban J connectivity index is 1.87. The van der Waals surface area contributed by atoms with Gasteiger partial charge in [-0.2, -0.15) is 13.2 Å². The molecule has 0 saturated carbocycles. The third-order valence-corrected chi connectivity index (χ3v) is 12.2. The molecule has 1 unspecified atom stereocenters. The van der Waals surface area contributed by atoms with Crippen LogP contribution >= 0.6 is 0 Å². The molecule has 1 aliphatic heterocycles. The maximum Gasteiger partial charge on any atom is 0.416 e. The smallest absolute Gasteiger partial charge is 0.338 e. The number of hydrogen-bond donors (Lipinski definition) is 0. The minimum absolute atomic E-state index is 0.0388. The molecule has 3 rings (SSSR count). The van der Waals surface area contributed by atoms with Crippen LogP contribution in [0.1, 0.15) is 50.5 Å². The van der Waals surface area contributed by atoms with E-state index >= 15 is 0 Å². The summed E-state index contributed by atoms with van der Waals surface area (Å²) in [7, 11) is -9.65. The molecule has 0 aliphatic carbocycles. The van der Waals surface area contributed by atoms with Crippen molar-refractivity contribution in [3.63, 3.8) is 0 Å². The standard InChI is InChI=1S/C25H30F3NO6S3/c1-23(2,3)36(31)18-10-11-20(21(13-18)37(6,32)33)22(30)29-14-17(15-29)24(4,5)38(34,35)19-9-7-8-16(12-19)25(26,27)28/h7-13,17H,14-15H2,1-6H3. The first kappa shape index (κ1) is 30.3. The first-order valence-electron chi connectivity index (χ1n) is 11.6. The van der Waals surface area contributed by atoms with E-state index in [-0.39, 0.29) is 28.4 Å². The molecule has 0 spiro atoms. The predicted molar refractivity (Wildman–Crippen MR) is 138 cm³/mol. The Bertz CT molecular complexity index is 1500. The van der Waals surface area contributed by atoms with Gasteiger partial charge in [-0.05, 0) is 71.0 Å². The lowest BCUT2D eigenvalue weighted by molar-refractivity contribution is -0.137. The van der Waals surface area contributed by atoms with Crippen LogP contribution < -0.4 is 0 Å². The van der Waals surface area contributed by atoms with E-state index in [4.69, 9.17) is 0 Å². The number of halogens is 3. The van der Waals surface area contributed by atoms with Crippen molar-refractivity contribution in [2.24, 2.45) is 5.92 Å². The third kappa shape index (κ3) is 5.69. The molecule has 1 saturated heterocycles. The monoisotopic (exact) mass is 593 g/mol. The second-order valence-corrected chi connectivity index (χ2v) is 17.6. The van der Waals surface area contributed by atoms with Crippen molar-refractivity contribution in [3.8, 4) is 0 Å². The molecule has 0 N–H and O–H groups in total. The Morgan fingerprint density at radius 3 is 2.03 bits per heavy atom. The van der Waals surface area contributed by atoms with Crippen LogP contribution in [0.2, 0.25) is 0 Å². The number of alkyl halides is 3. The number of carbonyl (C=O) groups is 1. The lowest BCUT2D eigenvalue weighted by Crippen LogP contribution is -2.60. The first-order chi connectivity index (χ1) is 17.1. The minimum Gasteiger partial charge on any atom is -0.338 e. The highest BCUT2D eigenvalue weighted by Gasteiger charge is 2.50. The lowest BCUT2D eigenvalue weighted by atomic mass is 9.87. The zero-order valence-electron chi connectivity index (χ0n) is 21.8. The van der Waals surface area contributed by atoms with Gasteiger partial charge in [0.25, 0.3) is 5.91 Å². The van der Waals surface area contributed by atoms with Gasteiger partial charge in [0.1, 0.15) is 0 Å². The van der Waals surface area contributed by atoms with Crippen molar-refractivity contribution in [1.29, 1.82) is 0 Å². The molecular weight excluding hydrogens is 563 g/mol. The number of nitrogens with zero attached hydrogens (tertiary/aromatic N) is 1. The highest BCUT2D eigenvalue weighted by atomic mass is 32.2. The Morgan fingerprint density at radius 2 is 1.53 bits per heavy atom. The molecule has 38 heavy (non-hydrogen) atoms. The summed E-state index contributed by atoms with van der Waals surface area (Å²) in [6.45, 7) is 7.92. The summed E-state index contributed by atoms with van der Waals surface area (Å²) >= 11 is 0. The zero-order chi connectivity index (χ0) is 29.1. The van der Waals surface area contributed by atoms with Gasteiger partial charge in [-0.1, -0.05) is 6.07 Å². The van der Waals surface area contributed by atoms with E-state index in [0.29, 0.717) is 6.07 Å². The molecule has 1 aliphatic rings. The van der Waals surface area contributed by atoms with Gasteiger partial charge in [-0.3, -0.25) is 9.00 Å². The number of benzene rings is 2.